The van der Waals surface area contributed by atoms with Gasteiger partial charge in [-0.05, 0) is 54.0 Å². The van der Waals surface area contributed by atoms with Crippen molar-refractivity contribution in [2.75, 3.05) is 13.2 Å². The van der Waals surface area contributed by atoms with Gasteiger partial charge in [0, 0.05) is 11.1 Å². The molecule has 38 heavy (non-hydrogen) atoms. The maximum atomic E-state index is 10.8. The van der Waals surface area contributed by atoms with E-state index in [2.05, 4.69) is 70.6 Å². The molecule has 0 aliphatic carbocycles. The van der Waals surface area contributed by atoms with Crippen LogP contribution in [0.25, 0.3) is 0 Å². The molecule has 0 aromatic rings. The van der Waals surface area contributed by atoms with Gasteiger partial charge in [0.05, 0.1) is 13.2 Å². The van der Waals surface area contributed by atoms with Crippen molar-refractivity contribution in [1.29, 1.82) is 0 Å². The Morgan fingerprint density at radius 3 is 1.37 bits per heavy atom. The Morgan fingerprint density at radius 2 is 1.21 bits per heavy atom. The number of esters is 2. The van der Waals surface area contributed by atoms with Crippen molar-refractivity contribution in [2.45, 2.75) is 45.5 Å². The number of rotatable bonds is 7. The minimum Gasteiger partial charge on any atom is -0.465 e. The van der Waals surface area contributed by atoms with Gasteiger partial charge in [0.1, 0.15) is 0 Å². The van der Waals surface area contributed by atoms with E-state index >= 15 is 0 Å². The van der Waals surface area contributed by atoms with Crippen LogP contribution in [0.4, 0.5) is 13.2 Å². The normalized spacial score (nSPS) is 9.55. The molecule has 0 heterocycles. The summed E-state index contributed by atoms with van der Waals surface area (Å²) in [6.07, 6.45) is 2.58. The summed E-state index contributed by atoms with van der Waals surface area (Å²) in [4.78, 5) is 21.2. The van der Waals surface area contributed by atoms with Gasteiger partial charge in [0.25, 0.3) is 0 Å². The molecule has 0 aliphatic heterocycles. The van der Waals surface area contributed by atoms with Crippen molar-refractivity contribution >= 4 is 71.5 Å². The van der Waals surface area contributed by atoms with Gasteiger partial charge in [0.2, 0.25) is 0 Å². The first-order chi connectivity index (χ1) is 15.8. The molecule has 0 rings (SSSR count). The molecule has 0 bridgehead atoms. The van der Waals surface area contributed by atoms with Gasteiger partial charge in [-0.3, -0.25) is 4.57 Å². The number of carbonyl (C=O) groups excluding carboxylic acids is 2. The quantitative estimate of drug-likeness (QED) is 0.0839. The summed E-state index contributed by atoms with van der Waals surface area (Å²) in [5.74, 6) is -0.618. The fourth-order valence-electron chi connectivity index (χ4n) is 0.720. The van der Waals surface area contributed by atoms with Gasteiger partial charge >= 0.3 is 146 Å². The third kappa shape index (κ3) is 66.4. The molecule has 22 heteroatoms. The molecule has 2 N–H and O–H groups in total. The second kappa shape index (κ2) is 32.0. The Bertz CT molecular complexity index is 934. The molecule has 0 aliphatic rings. The summed E-state index contributed by atoms with van der Waals surface area (Å²) in [6.45, 7) is 16.6. The standard InChI is InChI=1S/C8H14O2.C7H11O2.CH2F3NO2S.Cl3OP.2K.O3S/c1-4-5-6-10-8(9)7(2)3;1-4-5-9-7(8)6(2)3;2-1(3,4)8(5,6)7;1-5(2,3)4;;;1-4(2)3/h2,4-6H2,1,3H3;1-2,4-5H2,3H3;(H2,5,6,7);;;;/q;-1;;;2*+1;. The first-order valence-corrected chi connectivity index (χ1v) is 15.8. The first kappa shape index (κ1) is 56.0. The Balaban J connectivity index is -0.0000000645. The van der Waals surface area contributed by atoms with Crippen LogP contribution in [0.2, 0.25) is 0 Å². The minimum absolute atomic E-state index is 0. The van der Waals surface area contributed by atoms with Crippen LogP contribution >= 0.6 is 38.9 Å². The molecule has 0 aromatic heterocycles. The number of hydrogen-bond acceptors (Lipinski definition) is 10. The number of carbonyl (C=O) groups is 2. The molecule has 11 nitrogen and oxygen atoms in total. The van der Waals surface area contributed by atoms with E-state index in [0.717, 1.165) is 12.8 Å². The molecule has 0 radical (unpaired) electrons. The predicted molar refractivity (Wildman–Crippen MR) is 130 cm³/mol. The maximum Gasteiger partial charge on any atom is 1.00 e. The van der Waals surface area contributed by atoms with Crippen molar-refractivity contribution in [2.24, 2.45) is 5.14 Å². The van der Waals surface area contributed by atoms with Crippen LogP contribution in [0, 0.1) is 6.92 Å². The van der Waals surface area contributed by atoms with Crippen LogP contribution in [-0.2, 0) is 44.3 Å². The predicted octanol–water partition coefficient (Wildman–Crippen LogP) is -1.15. The van der Waals surface area contributed by atoms with Crippen LogP contribution < -0.4 is 108 Å². The van der Waals surface area contributed by atoms with E-state index in [1.54, 1.807) is 13.8 Å². The molecule has 216 valence electrons. The zero-order chi connectivity index (χ0) is 30.3. The molecule has 0 unspecified atom stereocenters. The third-order valence-electron chi connectivity index (χ3n) is 2.13. The number of sulfonamides is 1. The number of hydrogen-bond donors (Lipinski definition) is 1. The monoisotopic (exact) mass is 728 g/mol. The maximum absolute atomic E-state index is 10.8. The number of ether oxygens (including phenoxy) is 2. The van der Waals surface area contributed by atoms with E-state index in [0.29, 0.717) is 30.8 Å². The Hall–Kier alpha value is 2.11. The van der Waals surface area contributed by atoms with Gasteiger partial charge in [-0.1, -0.05) is 26.5 Å². The Labute approximate surface area is 321 Å². The van der Waals surface area contributed by atoms with Crippen molar-refractivity contribution in [3.63, 3.8) is 0 Å². The van der Waals surface area contributed by atoms with Gasteiger partial charge in [-0.25, -0.2) is 23.1 Å². The van der Waals surface area contributed by atoms with E-state index in [-0.39, 0.29) is 115 Å². The summed E-state index contributed by atoms with van der Waals surface area (Å²) < 4.78 is 95.5. The van der Waals surface area contributed by atoms with Gasteiger partial charge in [-0.2, -0.15) is 13.2 Å². The number of primary sulfonamides is 1. The second-order valence-corrected chi connectivity index (χ2v) is 14.2. The van der Waals surface area contributed by atoms with Crippen molar-refractivity contribution in [3.8, 4) is 0 Å². The Kier molecular flexibility index (Phi) is 47.2. The molecule has 0 saturated heterocycles. The van der Waals surface area contributed by atoms with E-state index in [4.69, 9.17) is 17.4 Å². The fraction of sp³-hybridized carbons (Fsp3) is 0.562. The van der Waals surface area contributed by atoms with Crippen LogP contribution in [0.1, 0.15) is 40.0 Å². The van der Waals surface area contributed by atoms with Crippen LogP contribution in [0.5, 0.6) is 0 Å². The SMILES string of the molecule is C=C(C)C(=O)OCCCC.C=C(C)C(=O)OCC[CH2-].NS(=O)(=O)C(F)(F)F.O=P(Cl)(Cl)Cl.O=S(=O)=O.[K+].[K+]. The molecule has 0 spiro atoms. The second-order valence-electron chi connectivity index (χ2n) is 5.63. The molecule has 0 amide bonds. The summed E-state index contributed by atoms with van der Waals surface area (Å²) >= 11 is 13.8. The zero-order valence-corrected chi connectivity index (χ0v) is 32.4. The summed E-state index contributed by atoms with van der Waals surface area (Å²) in [6, 6.07) is 0. The summed E-state index contributed by atoms with van der Waals surface area (Å²) in [5.41, 5.74) is -4.41. The Morgan fingerprint density at radius 1 is 0.974 bits per heavy atom. The van der Waals surface area contributed by atoms with Gasteiger partial charge < -0.3 is 16.4 Å². The molecular formula is C16H27Cl3F3K2NO10PS2+. The van der Waals surface area contributed by atoms with E-state index in [1.807, 2.05) is 0 Å². The topological polar surface area (TPSA) is 181 Å². The van der Waals surface area contributed by atoms with Crippen LogP contribution in [0.3, 0.4) is 0 Å². The van der Waals surface area contributed by atoms with E-state index in [9.17, 15) is 35.7 Å². The van der Waals surface area contributed by atoms with E-state index < -0.39 is 31.3 Å². The van der Waals surface area contributed by atoms with Gasteiger partial charge in [-0.15, -0.1) is 19.0 Å². The number of halogens is 6. The van der Waals surface area contributed by atoms with Crippen LogP contribution in [0.15, 0.2) is 24.3 Å². The smallest absolute Gasteiger partial charge is 0.465 e. The van der Waals surface area contributed by atoms with Crippen molar-refractivity contribution in [1.82, 2.24) is 0 Å². The van der Waals surface area contributed by atoms with Crippen LogP contribution in [-0.4, -0.2) is 51.7 Å². The third-order valence-corrected chi connectivity index (χ3v) is 2.77. The number of alkyl halides is 3. The van der Waals surface area contributed by atoms with E-state index in [1.165, 1.54) is 0 Å². The van der Waals surface area contributed by atoms with Crippen molar-refractivity contribution in [3.05, 3.63) is 31.2 Å². The van der Waals surface area contributed by atoms with Gasteiger partial charge in [0.15, 0.2) is 0 Å². The fourth-order valence-corrected chi connectivity index (χ4v) is 0.720. The first-order valence-electron chi connectivity index (χ1n) is 8.84. The van der Waals surface area contributed by atoms with Crippen molar-refractivity contribution < 1.29 is 161 Å². The average molecular weight is 730 g/mol. The molecule has 0 atom stereocenters. The molecular weight excluding hydrogens is 703 g/mol. The zero-order valence-electron chi connectivity index (χ0n) is 21.3. The average Bonchev–Trinajstić information content (AvgIpc) is 2.63. The largest absolute Gasteiger partial charge is 1.00 e. The number of unbranched alkanes of at least 4 members (excludes halogenated alkanes) is 1. The molecule has 0 aromatic carbocycles. The molecule has 0 saturated carbocycles. The molecule has 0 fully saturated rings. The minimum atomic E-state index is -5.34. The summed E-state index contributed by atoms with van der Waals surface area (Å²) in [5, 5.41) is 0.438. The number of nitrogens with two attached hydrogens (primary N) is 1. The summed E-state index contributed by atoms with van der Waals surface area (Å²) in [7, 11) is -8.45.